The van der Waals surface area contributed by atoms with E-state index in [2.05, 4.69) is 5.32 Å². The number of hydrogen-bond donors (Lipinski definition) is 1. The maximum absolute atomic E-state index is 12.8. The Hall–Kier alpha value is -2.28. The Kier molecular flexibility index (Phi) is 4.56. The van der Waals surface area contributed by atoms with Gasteiger partial charge in [0, 0.05) is 5.69 Å². The van der Waals surface area contributed by atoms with Crippen LogP contribution in [-0.2, 0) is 6.18 Å². The number of ether oxygens (including phenoxy) is 1. The van der Waals surface area contributed by atoms with Crippen molar-refractivity contribution in [3.63, 3.8) is 0 Å². The van der Waals surface area contributed by atoms with Crippen LogP contribution < -0.4 is 10.1 Å². The van der Waals surface area contributed by atoms with E-state index >= 15 is 0 Å². The molecule has 0 spiro atoms. The lowest BCUT2D eigenvalue weighted by Crippen LogP contribution is -2.17. The van der Waals surface area contributed by atoms with Crippen molar-refractivity contribution in [2.45, 2.75) is 6.18 Å². The van der Waals surface area contributed by atoms with Gasteiger partial charge in [-0.15, -0.1) is 0 Å². The standard InChI is InChI=1S/C14H8ClF4NO2/c15-11-7-9(16)4-5-12(11)22-13(21)20-10-3-1-2-8(6-10)14(17,18)19/h1-7H,(H,20,21). The lowest BCUT2D eigenvalue weighted by Gasteiger charge is -2.10. The van der Waals surface area contributed by atoms with Crippen LogP contribution in [-0.4, -0.2) is 6.09 Å². The highest BCUT2D eigenvalue weighted by atomic mass is 35.5. The molecule has 0 fully saturated rings. The molecule has 0 saturated heterocycles. The molecule has 0 radical (unpaired) electrons. The number of carbonyl (C=O) groups excluding carboxylic acids is 1. The van der Waals surface area contributed by atoms with Gasteiger partial charge in [-0.05, 0) is 36.4 Å². The highest BCUT2D eigenvalue weighted by Crippen LogP contribution is 2.31. The molecule has 0 aromatic heterocycles. The minimum absolute atomic E-state index is 0.0990. The van der Waals surface area contributed by atoms with Crippen LogP contribution in [0.25, 0.3) is 0 Å². The lowest BCUT2D eigenvalue weighted by atomic mass is 10.2. The van der Waals surface area contributed by atoms with E-state index in [1.807, 2.05) is 0 Å². The number of halogens is 5. The fourth-order valence-corrected chi connectivity index (χ4v) is 1.78. The van der Waals surface area contributed by atoms with Gasteiger partial charge in [0.25, 0.3) is 0 Å². The number of amides is 1. The summed E-state index contributed by atoms with van der Waals surface area (Å²) < 4.78 is 55.3. The van der Waals surface area contributed by atoms with Crippen molar-refractivity contribution in [2.75, 3.05) is 5.32 Å². The first-order valence-electron chi connectivity index (χ1n) is 5.87. The lowest BCUT2D eigenvalue weighted by molar-refractivity contribution is -0.137. The summed E-state index contributed by atoms with van der Waals surface area (Å²) in [5, 5.41) is 1.99. The first-order valence-corrected chi connectivity index (χ1v) is 6.24. The van der Waals surface area contributed by atoms with Gasteiger partial charge in [0.15, 0.2) is 5.75 Å². The monoisotopic (exact) mass is 333 g/mol. The van der Waals surface area contributed by atoms with E-state index in [1.54, 1.807) is 0 Å². The largest absolute Gasteiger partial charge is 0.417 e. The minimum Gasteiger partial charge on any atom is -0.408 e. The van der Waals surface area contributed by atoms with E-state index in [0.29, 0.717) is 0 Å². The van der Waals surface area contributed by atoms with E-state index < -0.39 is 23.7 Å². The van der Waals surface area contributed by atoms with Gasteiger partial charge >= 0.3 is 12.3 Å². The zero-order chi connectivity index (χ0) is 16.3. The summed E-state index contributed by atoms with van der Waals surface area (Å²) in [7, 11) is 0. The Balaban J connectivity index is 2.09. The summed E-state index contributed by atoms with van der Waals surface area (Å²) in [6, 6.07) is 7.13. The molecule has 1 N–H and O–H groups in total. The maximum Gasteiger partial charge on any atom is 0.417 e. The molecule has 0 unspecified atom stereocenters. The van der Waals surface area contributed by atoms with Crippen molar-refractivity contribution in [2.24, 2.45) is 0 Å². The SMILES string of the molecule is O=C(Nc1cccc(C(F)(F)F)c1)Oc1ccc(F)cc1Cl. The van der Waals surface area contributed by atoms with Crippen LogP contribution in [0.3, 0.4) is 0 Å². The number of anilines is 1. The van der Waals surface area contributed by atoms with Crippen LogP contribution in [0.1, 0.15) is 5.56 Å². The van der Waals surface area contributed by atoms with Crippen LogP contribution in [0, 0.1) is 5.82 Å². The van der Waals surface area contributed by atoms with Gasteiger partial charge in [0.05, 0.1) is 10.6 Å². The molecule has 3 nitrogen and oxygen atoms in total. The third-order valence-corrected chi connectivity index (χ3v) is 2.83. The molecule has 2 aromatic rings. The van der Waals surface area contributed by atoms with E-state index in [-0.39, 0.29) is 16.5 Å². The predicted octanol–water partition coefficient (Wildman–Crippen LogP) is 5.11. The second kappa shape index (κ2) is 6.23. The first kappa shape index (κ1) is 16.1. The third kappa shape index (κ3) is 4.11. The van der Waals surface area contributed by atoms with E-state index in [4.69, 9.17) is 16.3 Å². The fourth-order valence-electron chi connectivity index (χ4n) is 1.57. The quantitative estimate of drug-likeness (QED) is 0.776. The molecular weight excluding hydrogens is 326 g/mol. The number of benzene rings is 2. The molecule has 0 saturated carbocycles. The van der Waals surface area contributed by atoms with E-state index in [0.717, 1.165) is 36.4 Å². The molecule has 0 aliphatic carbocycles. The molecule has 0 heterocycles. The fraction of sp³-hybridized carbons (Fsp3) is 0.0714. The van der Waals surface area contributed by atoms with Gasteiger partial charge in [-0.25, -0.2) is 9.18 Å². The highest BCUT2D eigenvalue weighted by molar-refractivity contribution is 6.32. The average molecular weight is 334 g/mol. The van der Waals surface area contributed by atoms with Crippen molar-refractivity contribution >= 4 is 23.4 Å². The third-order valence-electron chi connectivity index (χ3n) is 2.53. The van der Waals surface area contributed by atoms with Crippen LogP contribution in [0.4, 0.5) is 28.0 Å². The summed E-state index contributed by atoms with van der Waals surface area (Å²) in [6.45, 7) is 0. The van der Waals surface area contributed by atoms with E-state index in [9.17, 15) is 22.4 Å². The number of hydrogen-bond acceptors (Lipinski definition) is 2. The molecule has 0 atom stereocenters. The summed E-state index contributed by atoms with van der Waals surface area (Å²) >= 11 is 5.67. The first-order chi connectivity index (χ1) is 10.3. The minimum atomic E-state index is -4.53. The van der Waals surface area contributed by atoms with Gasteiger partial charge in [-0.3, -0.25) is 5.32 Å². The molecule has 1 amide bonds. The van der Waals surface area contributed by atoms with Gasteiger partial charge in [0.1, 0.15) is 5.82 Å². The molecule has 2 aromatic carbocycles. The van der Waals surface area contributed by atoms with Crippen molar-refractivity contribution in [3.05, 3.63) is 58.9 Å². The van der Waals surface area contributed by atoms with Gasteiger partial charge in [0.2, 0.25) is 0 Å². The maximum atomic E-state index is 12.8. The molecule has 22 heavy (non-hydrogen) atoms. The Bertz CT molecular complexity index is 703. The van der Waals surface area contributed by atoms with Gasteiger partial charge in [-0.1, -0.05) is 17.7 Å². The summed E-state index contributed by atoms with van der Waals surface area (Å²) in [5.74, 6) is -0.733. The van der Waals surface area contributed by atoms with Crippen molar-refractivity contribution in [1.29, 1.82) is 0 Å². The molecule has 116 valence electrons. The molecular formula is C14H8ClF4NO2. The zero-order valence-electron chi connectivity index (χ0n) is 10.7. The Morgan fingerprint density at radius 2 is 1.86 bits per heavy atom. The van der Waals surface area contributed by atoms with Crippen LogP contribution in [0.2, 0.25) is 5.02 Å². The number of carbonyl (C=O) groups is 1. The smallest absolute Gasteiger partial charge is 0.408 e. The normalized spacial score (nSPS) is 11.1. The topological polar surface area (TPSA) is 38.3 Å². The molecule has 2 rings (SSSR count). The van der Waals surface area contributed by atoms with Crippen LogP contribution in [0.5, 0.6) is 5.75 Å². The highest BCUT2D eigenvalue weighted by Gasteiger charge is 2.30. The molecule has 0 bridgehead atoms. The number of rotatable bonds is 2. The zero-order valence-corrected chi connectivity index (χ0v) is 11.5. The molecule has 8 heteroatoms. The van der Waals surface area contributed by atoms with Crippen molar-refractivity contribution < 1.29 is 27.1 Å². The second-order valence-corrected chi connectivity index (χ2v) is 4.58. The van der Waals surface area contributed by atoms with Gasteiger partial charge < -0.3 is 4.74 Å². The Labute approximate surface area is 127 Å². The van der Waals surface area contributed by atoms with Gasteiger partial charge in [-0.2, -0.15) is 13.2 Å². The van der Waals surface area contributed by atoms with E-state index in [1.165, 1.54) is 6.07 Å². The Morgan fingerprint density at radius 1 is 1.14 bits per heavy atom. The van der Waals surface area contributed by atoms with Crippen molar-refractivity contribution in [3.8, 4) is 5.75 Å². The Morgan fingerprint density at radius 3 is 2.50 bits per heavy atom. The molecule has 0 aliphatic rings. The predicted molar refractivity (Wildman–Crippen MR) is 72.5 cm³/mol. The number of alkyl halides is 3. The number of nitrogens with one attached hydrogen (secondary N) is 1. The summed E-state index contributed by atoms with van der Waals surface area (Å²) in [4.78, 5) is 11.6. The molecule has 0 aliphatic heterocycles. The van der Waals surface area contributed by atoms with Crippen LogP contribution >= 0.6 is 11.6 Å². The summed E-state index contributed by atoms with van der Waals surface area (Å²) in [6.07, 6.45) is -5.57. The van der Waals surface area contributed by atoms with Crippen molar-refractivity contribution in [1.82, 2.24) is 0 Å². The average Bonchev–Trinajstić information content (AvgIpc) is 2.41. The second-order valence-electron chi connectivity index (χ2n) is 4.17. The van der Waals surface area contributed by atoms with Crippen LogP contribution in [0.15, 0.2) is 42.5 Å². The summed E-state index contributed by atoms with van der Waals surface area (Å²) in [5.41, 5.74) is -1.01.